The molecule has 0 aliphatic carbocycles. The molecule has 1 aliphatic heterocycles. The van der Waals surface area contributed by atoms with Crippen molar-refractivity contribution >= 4 is 15.8 Å². The molecule has 1 aromatic rings. The molecule has 1 aromatic heterocycles. The van der Waals surface area contributed by atoms with Crippen molar-refractivity contribution in [2.45, 2.75) is 46.6 Å². The molecule has 0 unspecified atom stereocenters. The summed E-state index contributed by atoms with van der Waals surface area (Å²) >= 11 is 0. The van der Waals surface area contributed by atoms with Crippen LogP contribution < -0.4 is 9.62 Å². The molecule has 0 bridgehead atoms. The molecular weight excluding hydrogens is 300 g/mol. The number of sulfonamides is 1. The zero-order valence-electron chi connectivity index (χ0n) is 14.0. The third kappa shape index (κ3) is 3.95. The summed E-state index contributed by atoms with van der Waals surface area (Å²) in [4.78, 5) is 11.2. The maximum atomic E-state index is 11.6. The van der Waals surface area contributed by atoms with Crippen LogP contribution in [0.5, 0.6) is 0 Å². The van der Waals surface area contributed by atoms with E-state index < -0.39 is 10.0 Å². The Bertz CT molecular complexity index is 645. The Kier molecular flexibility index (Phi) is 5.07. The second-order valence-corrected chi connectivity index (χ2v) is 8.04. The van der Waals surface area contributed by atoms with Crippen LogP contribution in [0.3, 0.4) is 0 Å². The topological polar surface area (TPSA) is 75.2 Å². The summed E-state index contributed by atoms with van der Waals surface area (Å²) in [5, 5.41) is 0. The Morgan fingerprint density at radius 3 is 2.50 bits per heavy atom. The standard InChI is InChI=1S/C15H26N4O2S/c1-6-7-13-8-19(9-14(13)18-22(5,20)21)15-10(2)11(3)16-12(4)17-15/h13-14,18H,6-9H2,1-5H3/t13-,14-/m0/s1. The lowest BCUT2D eigenvalue weighted by atomic mass is 9.99. The lowest BCUT2D eigenvalue weighted by Gasteiger charge is -2.21. The van der Waals surface area contributed by atoms with Crippen LogP contribution in [0.25, 0.3) is 0 Å². The first-order valence-electron chi connectivity index (χ1n) is 7.75. The van der Waals surface area contributed by atoms with E-state index in [4.69, 9.17) is 0 Å². The molecule has 2 heterocycles. The van der Waals surface area contributed by atoms with Gasteiger partial charge in [-0.25, -0.2) is 23.1 Å². The predicted octanol–water partition coefficient (Wildman–Crippen LogP) is 1.56. The van der Waals surface area contributed by atoms with Crippen LogP contribution in [0.2, 0.25) is 0 Å². The van der Waals surface area contributed by atoms with Crippen LogP contribution in [0.15, 0.2) is 0 Å². The molecule has 1 saturated heterocycles. The summed E-state index contributed by atoms with van der Waals surface area (Å²) in [6.07, 6.45) is 3.27. The molecule has 7 heteroatoms. The normalized spacial score (nSPS) is 22.3. The zero-order chi connectivity index (χ0) is 16.5. The Hall–Kier alpha value is -1.21. The maximum Gasteiger partial charge on any atom is 0.209 e. The van der Waals surface area contributed by atoms with E-state index >= 15 is 0 Å². The van der Waals surface area contributed by atoms with E-state index in [1.54, 1.807) is 0 Å². The number of hydrogen-bond donors (Lipinski definition) is 1. The molecule has 1 N–H and O–H groups in total. The van der Waals surface area contributed by atoms with Crippen LogP contribution in [0.4, 0.5) is 5.82 Å². The van der Waals surface area contributed by atoms with Crippen LogP contribution in [-0.4, -0.2) is 43.8 Å². The highest BCUT2D eigenvalue weighted by atomic mass is 32.2. The van der Waals surface area contributed by atoms with Crippen LogP contribution in [-0.2, 0) is 10.0 Å². The van der Waals surface area contributed by atoms with Crippen molar-refractivity contribution in [2.75, 3.05) is 24.2 Å². The van der Waals surface area contributed by atoms with Gasteiger partial charge in [0.15, 0.2) is 0 Å². The summed E-state index contributed by atoms with van der Waals surface area (Å²) in [6, 6.07) is -0.0510. The van der Waals surface area contributed by atoms with Crippen molar-refractivity contribution in [3.8, 4) is 0 Å². The molecule has 1 aliphatic rings. The van der Waals surface area contributed by atoms with Gasteiger partial charge in [-0.2, -0.15) is 0 Å². The second kappa shape index (κ2) is 6.50. The fraction of sp³-hybridized carbons (Fsp3) is 0.733. The lowest BCUT2D eigenvalue weighted by Crippen LogP contribution is -2.40. The van der Waals surface area contributed by atoms with E-state index in [2.05, 4.69) is 26.5 Å². The first kappa shape index (κ1) is 17.1. The van der Waals surface area contributed by atoms with Gasteiger partial charge < -0.3 is 4.90 Å². The van der Waals surface area contributed by atoms with Crippen molar-refractivity contribution in [3.05, 3.63) is 17.1 Å². The van der Waals surface area contributed by atoms with Crippen molar-refractivity contribution in [1.29, 1.82) is 0 Å². The van der Waals surface area contributed by atoms with Gasteiger partial charge in [-0.15, -0.1) is 0 Å². The number of rotatable bonds is 5. The highest BCUT2D eigenvalue weighted by Gasteiger charge is 2.35. The highest BCUT2D eigenvalue weighted by molar-refractivity contribution is 7.88. The van der Waals surface area contributed by atoms with Crippen molar-refractivity contribution in [1.82, 2.24) is 14.7 Å². The van der Waals surface area contributed by atoms with Crippen molar-refractivity contribution < 1.29 is 8.42 Å². The average molecular weight is 326 g/mol. The minimum atomic E-state index is -3.20. The maximum absolute atomic E-state index is 11.6. The molecule has 0 saturated carbocycles. The van der Waals surface area contributed by atoms with E-state index in [9.17, 15) is 8.42 Å². The van der Waals surface area contributed by atoms with E-state index in [1.165, 1.54) is 6.26 Å². The highest BCUT2D eigenvalue weighted by Crippen LogP contribution is 2.29. The molecule has 0 aromatic carbocycles. The van der Waals surface area contributed by atoms with Gasteiger partial charge in [-0.3, -0.25) is 0 Å². The van der Waals surface area contributed by atoms with E-state index in [0.29, 0.717) is 12.5 Å². The van der Waals surface area contributed by atoms with Crippen LogP contribution in [0, 0.1) is 26.7 Å². The SMILES string of the molecule is CCC[C@H]1CN(c2nc(C)nc(C)c2C)C[C@@H]1NS(C)(=O)=O. The summed E-state index contributed by atoms with van der Waals surface area (Å²) < 4.78 is 26.0. The Labute approximate surface area is 133 Å². The molecule has 0 amide bonds. The molecule has 124 valence electrons. The molecule has 6 nitrogen and oxygen atoms in total. The van der Waals surface area contributed by atoms with Gasteiger partial charge in [0.25, 0.3) is 0 Å². The monoisotopic (exact) mass is 326 g/mol. The molecule has 2 rings (SSSR count). The number of aromatic nitrogens is 2. The first-order valence-corrected chi connectivity index (χ1v) is 9.64. The molecule has 22 heavy (non-hydrogen) atoms. The third-order valence-electron chi connectivity index (χ3n) is 4.24. The largest absolute Gasteiger partial charge is 0.354 e. The van der Waals surface area contributed by atoms with Gasteiger partial charge in [0.1, 0.15) is 11.6 Å². The lowest BCUT2D eigenvalue weighted by molar-refractivity contribution is 0.442. The molecule has 1 fully saturated rings. The second-order valence-electron chi connectivity index (χ2n) is 6.26. The first-order chi connectivity index (χ1) is 10.2. The van der Waals surface area contributed by atoms with Crippen LogP contribution in [0.1, 0.15) is 36.8 Å². The average Bonchev–Trinajstić information content (AvgIpc) is 2.75. The molecule has 0 spiro atoms. The van der Waals surface area contributed by atoms with Gasteiger partial charge in [0.2, 0.25) is 10.0 Å². The number of aryl methyl sites for hydroxylation is 2. The fourth-order valence-electron chi connectivity index (χ4n) is 3.17. The Balaban J connectivity index is 2.27. The predicted molar refractivity (Wildman–Crippen MR) is 88.6 cm³/mol. The summed E-state index contributed by atoms with van der Waals surface area (Å²) in [7, 11) is -3.20. The van der Waals surface area contributed by atoms with Gasteiger partial charge in [0, 0.05) is 30.4 Å². The zero-order valence-corrected chi connectivity index (χ0v) is 14.9. The number of hydrogen-bond acceptors (Lipinski definition) is 5. The van der Waals surface area contributed by atoms with Gasteiger partial charge in [-0.1, -0.05) is 13.3 Å². The van der Waals surface area contributed by atoms with Crippen molar-refractivity contribution in [3.63, 3.8) is 0 Å². The Morgan fingerprint density at radius 1 is 1.23 bits per heavy atom. The van der Waals surface area contributed by atoms with E-state index in [-0.39, 0.29) is 6.04 Å². The van der Waals surface area contributed by atoms with Gasteiger partial charge >= 0.3 is 0 Å². The van der Waals surface area contributed by atoms with Crippen LogP contribution >= 0.6 is 0 Å². The fourth-order valence-corrected chi connectivity index (χ4v) is 3.99. The summed E-state index contributed by atoms with van der Waals surface area (Å²) in [6.45, 7) is 9.52. The van der Waals surface area contributed by atoms with E-state index in [1.807, 2.05) is 20.8 Å². The molecular formula is C15H26N4O2S. The van der Waals surface area contributed by atoms with Gasteiger partial charge in [-0.05, 0) is 33.1 Å². The molecule has 0 radical (unpaired) electrons. The van der Waals surface area contributed by atoms with Crippen molar-refractivity contribution in [2.24, 2.45) is 5.92 Å². The number of nitrogens with one attached hydrogen (secondary N) is 1. The van der Waals surface area contributed by atoms with E-state index in [0.717, 1.165) is 42.3 Å². The summed E-state index contributed by atoms with van der Waals surface area (Å²) in [5.41, 5.74) is 2.05. The minimum absolute atomic E-state index is 0.0510. The minimum Gasteiger partial charge on any atom is -0.354 e. The smallest absolute Gasteiger partial charge is 0.209 e. The number of nitrogens with zero attached hydrogens (tertiary/aromatic N) is 3. The number of anilines is 1. The Morgan fingerprint density at radius 2 is 1.91 bits per heavy atom. The summed E-state index contributed by atoms with van der Waals surface area (Å²) in [5.74, 6) is 2.00. The van der Waals surface area contributed by atoms with Gasteiger partial charge in [0.05, 0.1) is 6.26 Å². The quantitative estimate of drug-likeness (QED) is 0.888. The molecule has 2 atom stereocenters. The third-order valence-corrected chi connectivity index (χ3v) is 4.97.